The third-order valence-corrected chi connectivity index (χ3v) is 10.9. The van der Waals surface area contributed by atoms with Crippen LogP contribution in [-0.2, 0) is 11.2 Å². The summed E-state index contributed by atoms with van der Waals surface area (Å²) in [6, 6.07) is 30.9. The lowest BCUT2D eigenvalue weighted by molar-refractivity contribution is -0.461. The minimum Gasteiger partial charge on any atom is -0.494 e. The molecular formula is C45H33F17O3. The van der Waals surface area contributed by atoms with Crippen molar-refractivity contribution in [1.82, 2.24) is 0 Å². The number of aryl methyl sites for hydroxylation is 1. The van der Waals surface area contributed by atoms with Crippen LogP contribution < -0.4 is 4.74 Å². The van der Waals surface area contributed by atoms with E-state index in [9.17, 15) is 79.4 Å². The molecule has 0 aromatic heterocycles. The molecule has 0 amide bonds. The molecule has 0 bridgehead atoms. The Morgan fingerprint density at radius 2 is 0.923 bits per heavy atom. The van der Waals surface area contributed by atoms with Gasteiger partial charge in [-0.05, 0) is 105 Å². The van der Waals surface area contributed by atoms with Gasteiger partial charge in [-0.2, -0.15) is 74.6 Å². The summed E-state index contributed by atoms with van der Waals surface area (Å²) in [6.45, 7) is -0.438. The Morgan fingerprint density at radius 1 is 0.446 bits per heavy atom. The van der Waals surface area contributed by atoms with Crippen LogP contribution in [0.25, 0.3) is 43.4 Å². The average molecular weight is 945 g/mol. The lowest BCUT2D eigenvalue weighted by Crippen LogP contribution is -2.74. The Bertz CT molecular complexity index is 2590. The fraction of sp³-hybridized carbons (Fsp3) is 0.356. The monoisotopic (exact) mass is 944 g/mol. The fourth-order valence-corrected chi connectivity index (χ4v) is 7.21. The summed E-state index contributed by atoms with van der Waals surface area (Å²) in [5, 5.41) is 7.13. The molecule has 6 rings (SSSR count). The number of carbonyl (C=O) groups excluding carboxylic acids is 1. The fourth-order valence-electron chi connectivity index (χ4n) is 7.21. The van der Waals surface area contributed by atoms with Crippen LogP contribution in [0.4, 0.5) is 74.6 Å². The lowest BCUT2D eigenvalue weighted by Gasteiger charge is -2.42. The van der Waals surface area contributed by atoms with Gasteiger partial charge in [-0.25, -0.2) is 4.79 Å². The molecule has 3 nitrogen and oxygen atoms in total. The maximum atomic E-state index is 14.2. The summed E-state index contributed by atoms with van der Waals surface area (Å²) < 4.78 is 240. The summed E-state index contributed by atoms with van der Waals surface area (Å²) >= 11 is 0. The van der Waals surface area contributed by atoms with Gasteiger partial charge in [-0.15, -0.1) is 0 Å². The number of unbranched alkanes of at least 4 members (excludes halogenated alkanes) is 2. The maximum Gasteiger partial charge on any atom is 0.460 e. The van der Waals surface area contributed by atoms with E-state index in [0.717, 1.165) is 18.2 Å². The Hall–Kier alpha value is -5.56. The molecule has 65 heavy (non-hydrogen) atoms. The van der Waals surface area contributed by atoms with Crippen molar-refractivity contribution < 1.29 is 88.9 Å². The molecule has 0 saturated carbocycles. The first kappa shape index (κ1) is 48.9. The van der Waals surface area contributed by atoms with Gasteiger partial charge in [0.1, 0.15) is 5.75 Å². The molecule has 0 aliphatic carbocycles. The first-order valence-corrected chi connectivity index (χ1v) is 19.5. The van der Waals surface area contributed by atoms with Crippen LogP contribution in [-0.4, -0.2) is 66.8 Å². The molecule has 6 aromatic rings. The Labute approximate surface area is 357 Å². The quantitative estimate of drug-likeness (QED) is 0.0351. The van der Waals surface area contributed by atoms with Crippen LogP contribution in [0, 0.1) is 0 Å². The molecule has 20 heteroatoms. The van der Waals surface area contributed by atoms with E-state index >= 15 is 0 Å². The van der Waals surface area contributed by atoms with E-state index in [1.54, 1.807) is 12.1 Å². The highest BCUT2D eigenvalue weighted by molar-refractivity contribution is 6.23. The molecule has 0 saturated heterocycles. The molecule has 0 fully saturated rings. The minimum atomic E-state index is -8.65. The Kier molecular flexibility index (Phi) is 13.0. The second kappa shape index (κ2) is 17.3. The van der Waals surface area contributed by atoms with Crippen molar-refractivity contribution >= 4 is 38.3 Å². The largest absolute Gasteiger partial charge is 0.494 e. The first-order chi connectivity index (χ1) is 30.1. The van der Waals surface area contributed by atoms with Crippen molar-refractivity contribution in [1.29, 1.82) is 0 Å². The molecule has 0 aliphatic rings. The van der Waals surface area contributed by atoms with Crippen LogP contribution in [0.2, 0.25) is 0 Å². The third-order valence-electron chi connectivity index (χ3n) is 10.9. The SMILES string of the molecule is O=C(OCCCCc1ccc2ccc3cccc4ccc1c2c34)c1ccc(-c2ccc(OCCCCC(F)(F)C(F)(F)C(F)(F)C(F)(F)C(F)(F)C(F)(F)C(F)(F)C(F)(F)F)cc2)cc1. The summed E-state index contributed by atoms with van der Waals surface area (Å²) in [5.41, 5.74) is 2.66. The van der Waals surface area contributed by atoms with E-state index in [1.807, 2.05) is 6.07 Å². The second-order valence-electron chi connectivity index (χ2n) is 15.2. The molecule has 0 aliphatic heterocycles. The number of ether oxygens (including phenoxy) is 2. The maximum absolute atomic E-state index is 14.2. The van der Waals surface area contributed by atoms with Crippen molar-refractivity contribution in [2.75, 3.05) is 13.2 Å². The molecule has 0 heterocycles. The molecule has 0 spiro atoms. The molecule has 0 radical (unpaired) electrons. The number of alkyl halides is 17. The molecule has 0 atom stereocenters. The molecule has 0 N–H and O–H groups in total. The summed E-state index contributed by atoms with van der Waals surface area (Å²) in [6.07, 6.45) is -10.2. The molecule has 6 aromatic carbocycles. The standard InChI is InChI=1S/C45H33F17O3/c46-38(47,39(48,49)40(50,51)41(52,53)42(54,55)43(56,57)44(58,59)45(60,61)62)23-2-4-24-64-33-20-17-27(18-21-33)26-9-15-32(16-10-26)37(63)65-25-3-1-6-28-11-12-31-14-13-29-7-5-8-30-19-22-34(28)36(31)35(29)30/h5,7-22H,1-4,6,23-25H2. The van der Waals surface area contributed by atoms with Crippen molar-refractivity contribution in [3.8, 4) is 16.9 Å². The Morgan fingerprint density at radius 3 is 1.49 bits per heavy atom. The number of carbonyl (C=O) groups is 1. The zero-order valence-electron chi connectivity index (χ0n) is 33.1. The van der Waals surface area contributed by atoms with Gasteiger partial charge >= 0.3 is 53.6 Å². The van der Waals surface area contributed by atoms with E-state index in [-0.39, 0.29) is 17.9 Å². The molecule has 0 unspecified atom stereocenters. The highest BCUT2D eigenvalue weighted by Gasteiger charge is 2.95. The van der Waals surface area contributed by atoms with Gasteiger partial charge in [0.2, 0.25) is 0 Å². The zero-order valence-corrected chi connectivity index (χ0v) is 33.1. The zero-order chi connectivity index (χ0) is 48.0. The number of rotatable bonds is 19. The Balaban J connectivity index is 0.951. The third kappa shape index (κ3) is 8.56. The van der Waals surface area contributed by atoms with Crippen LogP contribution in [0.15, 0.2) is 103 Å². The van der Waals surface area contributed by atoms with Gasteiger partial charge < -0.3 is 9.47 Å². The predicted octanol–water partition coefficient (Wildman–Crippen LogP) is 15.0. The minimum absolute atomic E-state index is 0.0372. The molecular weight excluding hydrogens is 911 g/mol. The van der Waals surface area contributed by atoms with Gasteiger partial charge in [-0.1, -0.05) is 78.9 Å². The van der Waals surface area contributed by atoms with Crippen LogP contribution in [0.3, 0.4) is 0 Å². The van der Waals surface area contributed by atoms with Gasteiger partial charge in [0.05, 0.1) is 18.8 Å². The van der Waals surface area contributed by atoms with Gasteiger partial charge in [-0.3, -0.25) is 0 Å². The van der Waals surface area contributed by atoms with Crippen molar-refractivity contribution in [3.63, 3.8) is 0 Å². The number of hydrogen-bond donors (Lipinski definition) is 0. The lowest BCUT2D eigenvalue weighted by atomic mass is 9.88. The highest BCUT2D eigenvalue weighted by atomic mass is 19.4. The summed E-state index contributed by atoms with van der Waals surface area (Å²) in [7, 11) is 0. The number of benzene rings is 6. The van der Waals surface area contributed by atoms with Gasteiger partial charge in [0, 0.05) is 6.42 Å². The first-order valence-electron chi connectivity index (χ1n) is 19.5. The van der Waals surface area contributed by atoms with Crippen LogP contribution in [0.5, 0.6) is 5.75 Å². The van der Waals surface area contributed by atoms with E-state index in [2.05, 4.69) is 48.5 Å². The number of esters is 1. The van der Waals surface area contributed by atoms with Gasteiger partial charge in [0.15, 0.2) is 0 Å². The normalized spacial score (nSPS) is 13.9. The van der Waals surface area contributed by atoms with Crippen molar-refractivity contribution in [3.05, 3.63) is 114 Å². The van der Waals surface area contributed by atoms with Crippen molar-refractivity contribution in [2.24, 2.45) is 0 Å². The van der Waals surface area contributed by atoms with E-state index in [0.29, 0.717) is 17.5 Å². The smallest absolute Gasteiger partial charge is 0.460 e. The molecule has 350 valence electrons. The second-order valence-corrected chi connectivity index (χ2v) is 15.2. The van der Waals surface area contributed by atoms with Crippen LogP contribution in [0.1, 0.15) is 48.0 Å². The van der Waals surface area contributed by atoms with E-state index in [4.69, 9.17) is 9.47 Å². The predicted molar refractivity (Wildman–Crippen MR) is 205 cm³/mol. The summed E-state index contributed by atoms with van der Waals surface area (Å²) in [4.78, 5) is 12.7. The number of halogens is 17. The van der Waals surface area contributed by atoms with Gasteiger partial charge in [0.25, 0.3) is 0 Å². The van der Waals surface area contributed by atoms with E-state index in [1.165, 1.54) is 68.9 Å². The number of hydrogen-bond acceptors (Lipinski definition) is 3. The average Bonchev–Trinajstić information content (AvgIpc) is 3.25. The van der Waals surface area contributed by atoms with Crippen LogP contribution >= 0.6 is 0 Å². The van der Waals surface area contributed by atoms with Crippen molar-refractivity contribution in [2.45, 2.75) is 86.2 Å². The topological polar surface area (TPSA) is 35.5 Å². The van der Waals surface area contributed by atoms with E-state index < -0.39 is 79.5 Å². The highest BCUT2D eigenvalue weighted by Crippen LogP contribution is 2.64. The summed E-state index contributed by atoms with van der Waals surface area (Å²) in [5.74, 6) is -56.9.